The van der Waals surface area contributed by atoms with E-state index in [0.29, 0.717) is 0 Å². The topological polar surface area (TPSA) is 21.3 Å². The second-order valence-electron chi connectivity index (χ2n) is 3.62. The summed E-state index contributed by atoms with van der Waals surface area (Å²) in [5.74, 6) is 0.921. The fraction of sp³-hybridized carbons (Fsp3) is 0.231. The molecule has 4 heteroatoms. The molecule has 0 spiro atoms. The van der Waals surface area contributed by atoms with E-state index >= 15 is 0 Å². The first-order chi connectivity index (χ1) is 8.29. The van der Waals surface area contributed by atoms with Crippen molar-refractivity contribution in [1.82, 2.24) is 5.32 Å². The molecule has 0 aliphatic heterocycles. The number of hydrogen-bond acceptors (Lipinski definition) is 3. The molecule has 0 bridgehead atoms. The van der Waals surface area contributed by atoms with Crippen molar-refractivity contribution in [3.63, 3.8) is 0 Å². The van der Waals surface area contributed by atoms with Gasteiger partial charge in [-0.1, -0.05) is 29.8 Å². The summed E-state index contributed by atoms with van der Waals surface area (Å²) < 4.78 is 6.13. The standard InChI is InChI=1S/C13H14ClNOS/c1-16-12-5-3-2-4-10(12)8-15-9-11-6-7-13(14)17-11/h2-7,15H,8-9H2,1H3. The van der Waals surface area contributed by atoms with Gasteiger partial charge in [0.15, 0.2) is 0 Å². The van der Waals surface area contributed by atoms with Crippen molar-refractivity contribution in [3.8, 4) is 5.75 Å². The van der Waals surface area contributed by atoms with Crippen LogP contribution >= 0.6 is 22.9 Å². The van der Waals surface area contributed by atoms with E-state index in [-0.39, 0.29) is 0 Å². The first-order valence-electron chi connectivity index (χ1n) is 5.36. The van der Waals surface area contributed by atoms with Crippen molar-refractivity contribution in [2.45, 2.75) is 13.1 Å². The lowest BCUT2D eigenvalue weighted by molar-refractivity contribution is 0.407. The van der Waals surface area contributed by atoms with Gasteiger partial charge in [0, 0.05) is 23.5 Å². The van der Waals surface area contributed by atoms with Crippen LogP contribution in [0, 0.1) is 0 Å². The van der Waals surface area contributed by atoms with Crippen molar-refractivity contribution in [2.75, 3.05) is 7.11 Å². The fourth-order valence-corrected chi connectivity index (χ4v) is 2.67. The third kappa shape index (κ3) is 3.46. The number of nitrogens with one attached hydrogen (secondary N) is 1. The number of methoxy groups -OCH3 is 1. The summed E-state index contributed by atoms with van der Waals surface area (Å²) in [5, 5.41) is 3.38. The molecular weight excluding hydrogens is 254 g/mol. The highest BCUT2D eigenvalue weighted by Gasteiger charge is 2.02. The van der Waals surface area contributed by atoms with Crippen LogP contribution in [0.25, 0.3) is 0 Å². The Balaban J connectivity index is 1.89. The second kappa shape index (κ2) is 6.05. The lowest BCUT2D eigenvalue weighted by Gasteiger charge is -2.08. The molecule has 0 aliphatic carbocycles. The van der Waals surface area contributed by atoms with Gasteiger partial charge in [0.25, 0.3) is 0 Å². The van der Waals surface area contributed by atoms with Gasteiger partial charge in [0.05, 0.1) is 11.4 Å². The maximum atomic E-state index is 5.87. The van der Waals surface area contributed by atoms with Gasteiger partial charge in [-0.15, -0.1) is 11.3 Å². The third-order valence-corrected chi connectivity index (χ3v) is 3.67. The summed E-state index contributed by atoms with van der Waals surface area (Å²) in [6, 6.07) is 12.0. The van der Waals surface area contributed by atoms with Gasteiger partial charge in [0.2, 0.25) is 0 Å². The van der Waals surface area contributed by atoms with Crippen LogP contribution in [0.2, 0.25) is 4.34 Å². The number of ether oxygens (including phenoxy) is 1. The first-order valence-corrected chi connectivity index (χ1v) is 6.56. The lowest BCUT2D eigenvalue weighted by atomic mass is 10.2. The van der Waals surface area contributed by atoms with Crippen LogP contribution in [0.3, 0.4) is 0 Å². The Morgan fingerprint density at radius 1 is 1.18 bits per heavy atom. The van der Waals surface area contributed by atoms with Gasteiger partial charge in [-0.25, -0.2) is 0 Å². The molecule has 0 amide bonds. The minimum atomic E-state index is 0.791. The van der Waals surface area contributed by atoms with E-state index < -0.39 is 0 Å². The maximum Gasteiger partial charge on any atom is 0.123 e. The molecule has 0 unspecified atom stereocenters. The van der Waals surface area contributed by atoms with Crippen LogP contribution in [0.15, 0.2) is 36.4 Å². The number of benzene rings is 1. The Hall–Kier alpha value is -1.03. The zero-order valence-corrected chi connectivity index (χ0v) is 11.1. The van der Waals surface area contributed by atoms with E-state index in [2.05, 4.69) is 11.4 Å². The minimum absolute atomic E-state index is 0.791. The first kappa shape index (κ1) is 12.4. The monoisotopic (exact) mass is 267 g/mol. The van der Waals surface area contributed by atoms with Crippen LogP contribution in [-0.2, 0) is 13.1 Å². The molecule has 0 radical (unpaired) electrons. The molecular formula is C13H14ClNOS. The summed E-state index contributed by atoms with van der Waals surface area (Å²) in [6.07, 6.45) is 0. The Morgan fingerprint density at radius 3 is 2.71 bits per heavy atom. The Kier molecular flexibility index (Phi) is 4.42. The van der Waals surface area contributed by atoms with Crippen molar-refractivity contribution < 1.29 is 4.74 Å². The van der Waals surface area contributed by atoms with E-state index in [1.165, 1.54) is 4.88 Å². The van der Waals surface area contributed by atoms with E-state index in [1.54, 1.807) is 18.4 Å². The largest absolute Gasteiger partial charge is 0.496 e. The predicted molar refractivity (Wildman–Crippen MR) is 72.9 cm³/mol. The van der Waals surface area contributed by atoms with Gasteiger partial charge in [-0.05, 0) is 18.2 Å². The molecule has 1 heterocycles. The SMILES string of the molecule is COc1ccccc1CNCc1ccc(Cl)s1. The average Bonchev–Trinajstić information content (AvgIpc) is 2.76. The summed E-state index contributed by atoms with van der Waals surface area (Å²) >= 11 is 7.48. The number of hydrogen-bond donors (Lipinski definition) is 1. The molecule has 2 aromatic rings. The average molecular weight is 268 g/mol. The highest BCUT2D eigenvalue weighted by molar-refractivity contribution is 7.16. The lowest BCUT2D eigenvalue weighted by Crippen LogP contribution is -2.12. The number of para-hydroxylation sites is 1. The van der Waals surface area contributed by atoms with Gasteiger partial charge in [0.1, 0.15) is 5.75 Å². The molecule has 90 valence electrons. The van der Waals surface area contributed by atoms with Crippen molar-refractivity contribution >= 4 is 22.9 Å². The molecule has 0 atom stereocenters. The molecule has 0 aliphatic rings. The normalized spacial score (nSPS) is 10.5. The minimum Gasteiger partial charge on any atom is -0.496 e. The van der Waals surface area contributed by atoms with Crippen molar-refractivity contribution in [2.24, 2.45) is 0 Å². The highest BCUT2D eigenvalue weighted by atomic mass is 35.5. The van der Waals surface area contributed by atoms with E-state index in [1.807, 2.05) is 30.3 Å². The van der Waals surface area contributed by atoms with E-state index in [0.717, 1.165) is 28.7 Å². The smallest absolute Gasteiger partial charge is 0.123 e. The molecule has 0 saturated carbocycles. The number of rotatable bonds is 5. The molecule has 1 aromatic carbocycles. The fourth-order valence-electron chi connectivity index (χ4n) is 1.62. The molecule has 1 aromatic heterocycles. The van der Waals surface area contributed by atoms with E-state index in [4.69, 9.17) is 16.3 Å². The summed E-state index contributed by atoms with van der Waals surface area (Å²) in [5.41, 5.74) is 1.16. The molecule has 0 saturated heterocycles. The van der Waals surface area contributed by atoms with Gasteiger partial charge >= 0.3 is 0 Å². The summed E-state index contributed by atoms with van der Waals surface area (Å²) in [7, 11) is 1.69. The molecule has 17 heavy (non-hydrogen) atoms. The Labute approximate surface area is 110 Å². The Bertz CT molecular complexity index is 484. The Morgan fingerprint density at radius 2 is 2.00 bits per heavy atom. The maximum absolute atomic E-state index is 5.87. The van der Waals surface area contributed by atoms with Crippen LogP contribution in [-0.4, -0.2) is 7.11 Å². The zero-order valence-electron chi connectivity index (χ0n) is 9.57. The second-order valence-corrected chi connectivity index (χ2v) is 5.42. The molecule has 2 nitrogen and oxygen atoms in total. The van der Waals surface area contributed by atoms with Gasteiger partial charge in [-0.3, -0.25) is 0 Å². The summed E-state index contributed by atoms with van der Waals surface area (Å²) in [4.78, 5) is 1.24. The van der Waals surface area contributed by atoms with Gasteiger partial charge in [-0.2, -0.15) is 0 Å². The molecule has 2 rings (SSSR count). The number of halogens is 1. The molecule has 0 fully saturated rings. The summed E-state index contributed by atoms with van der Waals surface area (Å²) in [6.45, 7) is 1.62. The highest BCUT2D eigenvalue weighted by Crippen LogP contribution is 2.21. The van der Waals surface area contributed by atoms with Crippen LogP contribution < -0.4 is 10.1 Å². The van der Waals surface area contributed by atoms with Crippen LogP contribution in [0.4, 0.5) is 0 Å². The van der Waals surface area contributed by atoms with Gasteiger partial charge < -0.3 is 10.1 Å². The zero-order chi connectivity index (χ0) is 12.1. The van der Waals surface area contributed by atoms with Crippen LogP contribution in [0.5, 0.6) is 5.75 Å². The number of thiophene rings is 1. The van der Waals surface area contributed by atoms with E-state index in [9.17, 15) is 0 Å². The van der Waals surface area contributed by atoms with Crippen molar-refractivity contribution in [1.29, 1.82) is 0 Å². The predicted octanol–water partition coefficient (Wildman–Crippen LogP) is 3.70. The van der Waals surface area contributed by atoms with Crippen molar-refractivity contribution in [3.05, 3.63) is 51.2 Å². The van der Waals surface area contributed by atoms with Crippen LogP contribution in [0.1, 0.15) is 10.4 Å². The molecule has 1 N–H and O–H groups in total. The third-order valence-electron chi connectivity index (χ3n) is 2.44. The quantitative estimate of drug-likeness (QED) is 0.892.